The number of rotatable bonds is 4. The summed E-state index contributed by atoms with van der Waals surface area (Å²) in [6, 6.07) is 0. The molecular formula is C8H14N2O2. The first-order chi connectivity index (χ1) is 5.72. The maximum absolute atomic E-state index is 8.61. The molecule has 4 nitrogen and oxygen atoms in total. The molecule has 0 fully saturated rings. The Labute approximate surface area is 71.8 Å². The Hall–Kier alpha value is -1.03. The molecule has 0 saturated heterocycles. The van der Waals surface area contributed by atoms with Crippen LogP contribution in [0.4, 0.5) is 0 Å². The van der Waals surface area contributed by atoms with Gasteiger partial charge >= 0.3 is 0 Å². The lowest BCUT2D eigenvalue weighted by molar-refractivity contribution is 0.241. The molecule has 4 heteroatoms. The third-order valence-electron chi connectivity index (χ3n) is 1.31. The number of aliphatic hydroxyl groups excluding tert-OH is 1. The molecule has 0 aliphatic carbocycles. The highest BCUT2D eigenvalue weighted by atomic mass is 16.5. The fourth-order valence-electron chi connectivity index (χ4n) is 0.902. The van der Waals surface area contributed by atoms with Gasteiger partial charge in [0.25, 0.3) is 0 Å². The van der Waals surface area contributed by atoms with E-state index < -0.39 is 0 Å². The van der Waals surface area contributed by atoms with Crippen LogP contribution in [0.15, 0.2) is 12.4 Å². The quantitative estimate of drug-likeness (QED) is 0.722. The predicted molar refractivity (Wildman–Crippen MR) is 45.1 cm³/mol. The highest BCUT2D eigenvalue weighted by Crippen LogP contribution is 2.09. The summed E-state index contributed by atoms with van der Waals surface area (Å²) >= 11 is 0. The summed E-state index contributed by atoms with van der Waals surface area (Å²) in [5, 5.41) is 12.6. The van der Waals surface area contributed by atoms with Crippen molar-refractivity contribution in [3.05, 3.63) is 12.4 Å². The lowest BCUT2D eigenvalue weighted by Crippen LogP contribution is -2.05. The zero-order valence-corrected chi connectivity index (χ0v) is 7.40. The van der Waals surface area contributed by atoms with E-state index in [1.807, 2.05) is 13.8 Å². The molecule has 0 spiro atoms. The van der Waals surface area contributed by atoms with Gasteiger partial charge in [0.15, 0.2) is 5.75 Å². The molecule has 0 aromatic carbocycles. The van der Waals surface area contributed by atoms with Gasteiger partial charge in [-0.1, -0.05) is 0 Å². The topological polar surface area (TPSA) is 47.3 Å². The van der Waals surface area contributed by atoms with E-state index in [-0.39, 0.29) is 12.7 Å². The first-order valence-electron chi connectivity index (χ1n) is 4.02. The maximum Gasteiger partial charge on any atom is 0.157 e. The molecule has 1 aromatic rings. The Morgan fingerprint density at radius 1 is 1.67 bits per heavy atom. The van der Waals surface area contributed by atoms with Crippen LogP contribution >= 0.6 is 0 Å². The summed E-state index contributed by atoms with van der Waals surface area (Å²) in [7, 11) is 0. The van der Waals surface area contributed by atoms with Gasteiger partial charge in [-0.15, -0.1) is 0 Å². The molecule has 0 aliphatic heterocycles. The van der Waals surface area contributed by atoms with Crippen molar-refractivity contribution in [1.29, 1.82) is 0 Å². The average Bonchev–Trinajstić information content (AvgIpc) is 2.36. The second-order valence-corrected chi connectivity index (χ2v) is 2.83. The summed E-state index contributed by atoms with van der Waals surface area (Å²) in [5.41, 5.74) is 0. The number of hydrogen-bond donors (Lipinski definition) is 1. The van der Waals surface area contributed by atoms with Gasteiger partial charge in [0.05, 0.1) is 31.6 Å². The van der Waals surface area contributed by atoms with Crippen LogP contribution in [-0.4, -0.2) is 27.6 Å². The smallest absolute Gasteiger partial charge is 0.157 e. The van der Waals surface area contributed by atoms with Crippen molar-refractivity contribution in [2.75, 3.05) is 6.61 Å². The van der Waals surface area contributed by atoms with Crippen molar-refractivity contribution in [3.8, 4) is 5.75 Å². The zero-order valence-electron chi connectivity index (χ0n) is 7.40. The molecule has 0 saturated carbocycles. The number of hydrogen-bond acceptors (Lipinski definition) is 3. The van der Waals surface area contributed by atoms with Gasteiger partial charge in [-0.3, -0.25) is 4.68 Å². The number of nitrogens with zero attached hydrogens (tertiary/aromatic N) is 2. The summed E-state index contributed by atoms with van der Waals surface area (Å²) in [6.07, 6.45) is 3.59. The minimum Gasteiger partial charge on any atom is -0.488 e. The molecule has 1 rings (SSSR count). The van der Waals surface area contributed by atoms with E-state index in [4.69, 9.17) is 9.84 Å². The van der Waals surface area contributed by atoms with E-state index in [0.717, 1.165) is 5.75 Å². The highest BCUT2D eigenvalue weighted by Gasteiger charge is 2.00. The van der Waals surface area contributed by atoms with Crippen LogP contribution in [0.5, 0.6) is 5.75 Å². The monoisotopic (exact) mass is 170 g/mol. The molecule has 68 valence electrons. The van der Waals surface area contributed by atoms with E-state index in [9.17, 15) is 0 Å². The molecule has 0 aliphatic rings. The van der Waals surface area contributed by atoms with Crippen LogP contribution in [0, 0.1) is 0 Å². The molecule has 1 N–H and O–H groups in total. The van der Waals surface area contributed by atoms with Gasteiger partial charge in [-0.25, -0.2) is 0 Å². The van der Waals surface area contributed by atoms with Crippen molar-refractivity contribution >= 4 is 0 Å². The van der Waals surface area contributed by atoms with E-state index in [2.05, 4.69) is 5.10 Å². The van der Waals surface area contributed by atoms with Gasteiger partial charge in [0.2, 0.25) is 0 Å². The van der Waals surface area contributed by atoms with Gasteiger partial charge in [0.1, 0.15) is 0 Å². The van der Waals surface area contributed by atoms with E-state index in [1.165, 1.54) is 0 Å². The number of aliphatic hydroxyl groups is 1. The van der Waals surface area contributed by atoms with Gasteiger partial charge in [-0.2, -0.15) is 5.10 Å². The fraction of sp³-hybridized carbons (Fsp3) is 0.625. The zero-order chi connectivity index (χ0) is 8.97. The van der Waals surface area contributed by atoms with Crippen LogP contribution in [-0.2, 0) is 6.54 Å². The minimum absolute atomic E-state index is 0.1000. The molecule has 0 atom stereocenters. The Morgan fingerprint density at radius 3 is 3.00 bits per heavy atom. The van der Waals surface area contributed by atoms with Gasteiger partial charge < -0.3 is 9.84 Å². The second-order valence-electron chi connectivity index (χ2n) is 2.83. The van der Waals surface area contributed by atoms with Crippen LogP contribution in [0.2, 0.25) is 0 Å². The molecule has 0 bridgehead atoms. The first-order valence-corrected chi connectivity index (χ1v) is 4.02. The largest absolute Gasteiger partial charge is 0.488 e. The summed E-state index contributed by atoms with van der Waals surface area (Å²) in [5.74, 6) is 0.749. The van der Waals surface area contributed by atoms with Crippen molar-refractivity contribution in [3.63, 3.8) is 0 Å². The van der Waals surface area contributed by atoms with Crippen molar-refractivity contribution in [2.24, 2.45) is 0 Å². The third kappa shape index (κ3) is 2.54. The Morgan fingerprint density at radius 2 is 2.42 bits per heavy atom. The maximum atomic E-state index is 8.61. The van der Waals surface area contributed by atoms with Crippen molar-refractivity contribution < 1.29 is 9.84 Å². The predicted octanol–water partition coefficient (Wildman–Crippen LogP) is 0.663. The van der Waals surface area contributed by atoms with E-state index >= 15 is 0 Å². The third-order valence-corrected chi connectivity index (χ3v) is 1.31. The second kappa shape index (κ2) is 4.11. The van der Waals surface area contributed by atoms with Crippen molar-refractivity contribution in [2.45, 2.75) is 26.5 Å². The summed E-state index contributed by atoms with van der Waals surface area (Å²) in [4.78, 5) is 0. The molecule has 0 amide bonds. The Bertz CT molecular complexity index is 233. The normalized spacial score (nSPS) is 10.7. The number of ether oxygens (including phenoxy) is 1. The standard InChI is InChI=1S/C8H14N2O2/c1-7(2)12-8-5-9-10(6-8)3-4-11/h5-7,11H,3-4H2,1-2H3. The molecule has 0 radical (unpaired) electrons. The average molecular weight is 170 g/mol. The SMILES string of the molecule is CC(C)Oc1cnn(CCO)c1. The van der Waals surface area contributed by atoms with Crippen LogP contribution in [0.3, 0.4) is 0 Å². The van der Waals surface area contributed by atoms with Crippen molar-refractivity contribution in [1.82, 2.24) is 9.78 Å². The Kier molecular flexibility index (Phi) is 3.10. The Balaban J connectivity index is 2.52. The van der Waals surface area contributed by atoms with Crippen LogP contribution in [0.25, 0.3) is 0 Å². The van der Waals surface area contributed by atoms with Crippen LogP contribution < -0.4 is 4.74 Å². The molecule has 1 aromatic heterocycles. The summed E-state index contributed by atoms with van der Waals surface area (Å²) < 4.78 is 7.03. The lowest BCUT2D eigenvalue weighted by atomic mass is 10.5. The highest BCUT2D eigenvalue weighted by molar-refractivity contribution is 5.11. The summed E-state index contributed by atoms with van der Waals surface area (Å²) in [6.45, 7) is 4.54. The van der Waals surface area contributed by atoms with E-state index in [1.54, 1.807) is 17.1 Å². The minimum atomic E-state index is 0.1000. The van der Waals surface area contributed by atoms with Gasteiger partial charge in [-0.05, 0) is 13.8 Å². The molecular weight excluding hydrogens is 156 g/mol. The van der Waals surface area contributed by atoms with Crippen LogP contribution in [0.1, 0.15) is 13.8 Å². The molecule has 12 heavy (non-hydrogen) atoms. The van der Waals surface area contributed by atoms with E-state index in [0.29, 0.717) is 6.54 Å². The first kappa shape index (κ1) is 9.06. The fourth-order valence-corrected chi connectivity index (χ4v) is 0.902. The lowest BCUT2D eigenvalue weighted by Gasteiger charge is -2.05. The number of aromatic nitrogens is 2. The molecule has 0 unspecified atom stereocenters. The molecule has 1 heterocycles. The van der Waals surface area contributed by atoms with Gasteiger partial charge in [0, 0.05) is 0 Å².